The third-order valence-corrected chi connectivity index (χ3v) is 4.46. The first-order valence-electron chi connectivity index (χ1n) is 10.1. The van der Waals surface area contributed by atoms with Crippen molar-refractivity contribution in [1.82, 2.24) is 0 Å². The number of benzene rings is 1. The molecule has 0 amide bonds. The molecule has 0 unspecified atom stereocenters. The molecule has 33 heavy (non-hydrogen) atoms. The van der Waals surface area contributed by atoms with E-state index in [0.29, 0.717) is 11.3 Å². The number of hydrogen-bond acceptors (Lipinski definition) is 11. The number of carbonyl (C=O) groups is 4. The number of nitrogens with zero attached hydrogens (tertiary/aromatic N) is 1. The lowest BCUT2D eigenvalue weighted by Gasteiger charge is -2.42. The first-order valence-corrected chi connectivity index (χ1v) is 10.1. The zero-order valence-electron chi connectivity index (χ0n) is 19.0. The molecule has 1 fully saturated rings. The standard InChI is InChI=1S/C22H27NO10/c1-12(24)29-11-18-20(30-13(2)25)21(31-14(3)26)19(22(33-18)32-15(4)27)23-10-16-6-8-17(28-5)9-7-16/h6-10,18-22H,11H2,1-5H3/t18-,19-,20-,21-,22-/m1/s1. The second-order valence-corrected chi connectivity index (χ2v) is 7.14. The predicted molar refractivity (Wildman–Crippen MR) is 113 cm³/mol. The van der Waals surface area contributed by atoms with Gasteiger partial charge in [-0.1, -0.05) is 0 Å². The quantitative estimate of drug-likeness (QED) is 0.313. The molecule has 0 radical (unpaired) electrons. The molecule has 1 saturated heterocycles. The van der Waals surface area contributed by atoms with Gasteiger partial charge in [0.1, 0.15) is 18.5 Å². The van der Waals surface area contributed by atoms with E-state index in [1.807, 2.05) is 0 Å². The Balaban J connectivity index is 2.45. The Labute approximate surface area is 190 Å². The van der Waals surface area contributed by atoms with Crippen LogP contribution in [-0.2, 0) is 42.9 Å². The molecule has 1 heterocycles. The van der Waals surface area contributed by atoms with E-state index < -0.39 is 54.5 Å². The van der Waals surface area contributed by atoms with Gasteiger partial charge in [0.15, 0.2) is 18.2 Å². The van der Waals surface area contributed by atoms with Crippen molar-refractivity contribution in [3.8, 4) is 5.75 Å². The van der Waals surface area contributed by atoms with Gasteiger partial charge in [-0.05, 0) is 29.8 Å². The minimum atomic E-state index is -1.31. The molecule has 0 aromatic heterocycles. The fourth-order valence-corrected chi connectivity index (χ4v) is 3.17. The maximum atomic E-state index is 11.9. The van der Waals surface area contributed by atoms with Gasteiger partial charge >= 0.3 is 23.9 Å². The van der Waals surface area contributed by atoms with Crippen LogP contribution in [0.2, 0.25) is 0 Å². The first-order chi connectivity index (χ1) is 15.6. The highest BCUT2D eigenvalue weighted by Crippen LogP contribution is 2.30. The summed E-state index contributed by atoms with van der Waals surface area (Å²) < 4.78 is 32.0. The van der Waals surface area contributed by atoms with Gasteiger partial charge in [-0.2, -0.15) is 0 Å². The fourth-order valence-electron chi connectivity index (χ4n) is 3.17. The molecule has 1 aromatic carbocycles. The largest absolute Gasteiger partial charge is 0.497 e. The van der Waals surface area contributed by atoms with Crippen LogP contribution < -0.4 is 4.74 Å². The lowest BCUT2D eigenvalue weighted by molar-refractivity contribution is -0.266. The van der Waals surface area contributed by atoms with Crippen molar-refractivity contribution in [2.24, 2.45) is 4.99 Å². The van der Waals surface area contributed by atoms with E-state index in [4.69, 9.17) is 28.4 Å². The maximum absolute atomic E-state index is 11.9. The number of rotatable bonds is 8. The summed E-state index contributed by atoms with van der Waals surface area (Å²) in [7, 11) is 1.54. The number of ether oxygens (including phenoxy) is 6. The summed E-state index contributed by atoms with van der Waals surface area (Å²) in [6.07, 6.45) is -3.31. The van der Waals surface area contributed by atoms with Gasteiger partial charge in [0.25, 0.3) is 0 Å². The molecule has 1 aromatic rings. The minimum absolute atomic E-state index is 0.336. The Kier molecular flexibility index (Phi) is 9.34. The normalized spacial score (nSPS) is 24.6. The Morgan fingerprint density at radius 3 is 1.97 bits per heavy atom. The van der Waals surface area contributed by atoms with E-state index in [9.17, 15) is 19.2 Å². The van der Waals surface area contributed by atoms with Crippen molar-refractivity contribution in [3.63, 3.8) is 0 Å². The minimum Gasteiger partial charge on any atom is -0.497 e. The molecule has 1 aliphatic heterocycles. The second kappa shape index (κ2) is 12.0. The summed E-state index contributed by atoms with van der Waals surface area (Å²) >= 11 is 0. The van der Waals surface area contributed by atoms with E-state index >= 15 is 0 Å². The van der Waals surface area contributed by atoms with E-state index in [1.54, 1.807) is 24.3 Å². The van der Waals surface area contributed by atoms with Crippen LogP contribution in [-0.4, -0.2) is 74.5 Å². The van der Waals surface area contributed by atoms with E-state index in [1.165, 1.54) is 41.0 Å². The number of hydrogen-bond donors (Lipinski definition) is 0. The molecule has 0 bridgehead atoms. The summed E-state index contributed by atoms with van der Waals surface area (Å²) in [6, 6.07) is 5.84. The highest BCUT2D eigenvalue weighted by Gasteiger charge is 2.51. The van der Waals surface area contributed by atoms with Crippen molar-refractivity contribution in [2.45, 2.75) is 58.3 Å². The Morgan fingerprint density at radius 1 is 0.879 bits per heavy atom. The van der Waals surface area contributed by atoms with Crippen LogP contribution in [0.25, 0.3) is 0 Å². The Bertz CT molecular complexity index is 882. The van der Waals surface area contributed by atoms with Crippen LogP contribution in [0.1, 0.15) is 33.3 Å². The molecule has 1 aliphatic rings. The maximum Gasteiger partial charge on any atom is 0.305 e. The third kappa shape index (κ3) is 7.86. The second-order valence-electron chi connectivity index (χ2n) is 7.14. The molecular weight excluding hydrogens is 438 g/mol. The Morgan fingerprint density at radius 2 is 1.45 bits per heavy atom. The van der Waals surface area contributed by atoms with E-state index in [-0.39, 0.29) is 6.61 Å². The lowest BCUT2D eigenvalue weighted by atomic mass is 9.96. The molecule has 0 N–H and O–H groups in total. The van der Waals surface area contributed by atoms with Gasteiger partial charge in [0, 0.05) is 33.9 Å². The van der Waals surface area contributed by atoms with Gasteiger partial charge in [0.05, 0.1) is 7.11 Å². The smallest absolute Gasteiger partial charge is 0.305 e. The number of esters is 4. The molecule has 2 rings (SSSR count). The van der Waals surface area contributed by atoms with Crippen LogP contribution in [0.3, 0.4) is 0 Å². The predicted octanol–water partition coefficient (Wildman–Crippen LogP) is 1.20. The van der Waals surface area contributed by atoms with Crippen LogP contribution in [0.4, 0.5) is 0 Å². The SMILES string of the molecule is COc1ccc(C=N[C@H]2[C@H](OC(C)=O)O[C@H](COC(C)=O)[C@@H](OC(C)=O)[C@@H]2OC(C)=O)cc1. The molecule has 0 saturated carbocycles. The van der Waals surface area contributed by atoms with Crippen LogP contribution >= 0.6 is 0 Å². The van der Waals surface area contributed by atoms with Gasteiger partial charge in [-0.25, -0.2) is 0 Å². The number of carbonyl (C=O) groups excluding carboxylic acids is 4. The fraction of sp³-hybridized carbons (Fsp3) is 0.500. The van der Waals surface area contributed by atoms with E-state index in [2.05, 4.69) is 4.99 Å². The summed E-state index contributed by atoms with van der Waals surface area (Å²) in [4.78, 5) is 51.1. The summed E-state index contributed by atoms with van der Waals surface area (Å²) in [6.45, 7) is 4.37. The van der Waals surface area contributed by atoms with Crippen molar-refractivity contribution >= 4 is 30.1 Å². The zero-order valence-corrected chi connectivity index (χ0v) is 19.0. The van der Waals surface area contributed by atoms with Crippen LogP contribution in [0.5, 0.6) is 5.75 Å². The summed E-state index contributed by atoms with van der Waals surface area (Å²) in [5.74, 6) is -2.00. The lowest BCUT2D eigenvalue weighted by Crippen LogP contribution is -2.61. The van der Waals surface area contributed by atoms with Gasteiger partial charge in [0.2, 0.25) is 6.29 Å². The number of methoxy groups -OCH3 is 1. The average molecular weight is 465 g/mol. The van der Waals surface area contributed by atoms with Crippen molar-refractivity contribution in [2.75, 3.05) is 13.7 Å². The first kappa shape index (κ1) is 25.8. The van der Waals surface area contributed by atoms with Gasteiger partial charge < -0.3 is 28.4 Å². The van der Waals surface area contributed by atoms with Crippen molar-refractivity contribution in [1.29, 1.82) is 0 Å². The molecule has 11 heteroatoms. The topological polar surface area (TPSA) is 136 Å². The molecule has 0 aliphatic carbocycles. The monoisotopic (exact) mass is 465 g/mol. The van der Waals surface area contributed by atoms with Crippen LogP contribution in [0, 0.1) is 0 Å². The molecule has 5 atom stereocenters. The number of aliphatic imine (C=N–C) groups is 1. The summed E-state index contributed by atoms with van der Waals surface area (Å²) in [5.41, 5.74) is 0.671. The molecule has 180 valence electrons. The Hall–Kier alpha value is -3.47. The van der Waals surface area contributed by atoms with E-state index in [0.717, 1.165) is 0 Å². The summed E-state index contributed by atoms with van der Waals surface area (Å²) in [5, 5.41) is 0. The average Bonchev–Trinajstić information content (AvgIpc) is 2.73. The third-order valence-electron chi connectivity index (χ3n) is 4.46. The van der Waals surface area contributed by atoms with Gasteiger partial charge in [-0.3, -0.25) is 24.2 Å². The van der Waals surface area contributed by atoms with Gasteiger partial charge in [-0.15, -0.1) is 0 Å². The van der Waals surface area contributed by atoms with Crippen molar-refractivity contribution < 1.29 is 47.6 Å². The zero-order chi connectivity index (χ0) is 24.5. The highest BCUT2D eigenvalue weighted by atomic mass is 16.7. The molecular formula is C22H27NO10. The van der Waals surface area contributed by atoms with Crippen LogP contribution in [0.15, 0.2) is 29.3 Å². The molecule has 11 nitrogen and oxygen atoms in total. The van der Waals surface area contributed by atoms with Crippen molar-refractivity contribution in [3.05, 3.63) is 29.8 Å². The highest BCUT2D eigenvalue weighted by molar-refractivity contribution is 5.80. The molecule has 0 spiro atoms.